The van der Waals surface area contributed by atoms with E-state index in [0.717, 1.165) is 22.6 Å². The average molecular weight is 282 g/mol. The Balaban J connectivity index is 1.95. The number of nitrogens with zero attached hydrogens (tertiary/aromatic N) is 3. The number of aromatic nitrogens is 3. The zero-order chi connectivity index (χ0) is 14.7. The molecule has 0 fully saturated rings. The van der Waals surface area contributed by atoms with E-state index in [1.807, 2.05) is 36.4 Å². The normalized spacial score (nSPS) is 10.6. The zero-order valence-electron chi connectivity index (χ0n) is 11.5. The van der Waals surface area contributed by atoms with E-state index >= 15 is 0 Å². The van der Waals surface area contributed by atoms with E-state index in [1.165, 1.54) is 0 Å². The van der Waals surface area contributed by atoms with Gasteiger partial charge in [-0.3, -0.25) is 4.98 Å². The summed E-state index contributed by atoms with van der Waals surface area (Å²) in [5, 5.41) is 4.00. The van der Waals surface area contributed by atoms with Crippen LogP contribution >= 0.6 is 0 Å². The van der Waals surface area contributed by atoms with Gasteiger partial charge in [-0.05, 0) is 24.3 Å². The largest absolute Gasteiger partial charge is 0.497 e. The second-order valence-electron chi connectivity index (χ2n) is 4.40. The van der Waals surface area contributed by atoms with Gasteiger partial charge in [-0.25, -0.2) is 0 Å². The van der Waals surface area contributed by atoms with Crippen molar-refractivity contribution in [3.63, 3.8) is 0 Å². The molecule has 2 aromatic heterocycles. The fraction of sp³-hybridized carbons (Fsp3) is 0.133. The number of pyridine rings is 1. The Bertz CT molecular complexity index is 693. The molecule has 106 valence electrons. The maximum atomic E-state index is 5.58. The number of benzene rings is 1. The monoisotopic (exact) mass is 282 g/mol. The molecule has 1 aromatic carbocycles. The predicted octanol–water partition coefficient (Wildman–Crippen LogP) is 2.27. The first-order valence-corrected chi connectivity index (χ1v) is 6.43. The van der Waals surface area contributed by atoms with Crippen LogP contribution in [-0.4, -0.2) is 22.2 Å². The molecule has 3 rings (SSSR count). The highest BCUT2D eigenvalue weighted by molar-refractivity contribution is 5.61. The van der Waals surface area contributed by atoms with Crippen molar-refractivity contribution in [1.82, 2.24) is 15.1 Å². The highest BCUT2D eigenvalue weighted by Gasteiger charge is 2.11. The molecule has 0 spiro atoms. The number of hydrogen-bond donors (Lipinski definition) is 1. The van der Waals surface area contributed by atoms with Gasteiger partial charge in [0.1, 0.15) is 5.75 Å². The standard InChI is InChI=1S/C15H14N4O2/c1-20-13-4-2-3-10(8-13)14-18-15(21-19-14)11-5-6-17-12(7-11)9-16/h2-8H,9,16H2,1H3. The molecule has 6 nitrogen and oxygen atoms in total. The molecule has 3 aromatic rings. The van der Waals surface area contributed by atoms with E-state index in [2.05, 4.69) is 15.1 Å². The Morgan fingerprint density at radius 3 is 2.90 bits per heavy atom. The number of ether oxygens (including phenoxy) is 1. The first-order valence-electron chi connectivity index (χ1n) is 6.43. The van der Waals surface area contributed by atoms with Crippen LogP contribution in [0.2, 0.25) is 0 Å². The summed E-state index contributed by atoms with van der Waals surface area (Å²) >= 11 is 0. The Morgan fingerprint density at radius 2 is 2.10 bits per heavy atom. The summed E-state index contributed by atoms with van der Waals surface area (Å²) in [6, 6.07) is 11.1. The SMILES string of the molecule is COc1cccc(-c2noc(-c3ccnc(CN)c3)n2)c1. The molecule has 21 heavy (non-hydrogen) atoms. The third kappa shape index (κ3) is 2.75. The molecule has 0 radical (unpaired) electrons. The minimum Gasteiger partial charge on any atom is -0.497 e. The summed E-state index contributed by atoms with van der Waals surface area (Å²) in [4.78, 5) is 8.54. The van der Waals surface area contributed by atoms with Gasteiger partial charge in [0.05, 0.1) is 12.8 Å². The zero-order valence-corrected chi connectivity index (χ0v) is 11.5. The van der Waals surface area contributed by atoms with Crippen LogP contribution in [0.3, 0.4) is 0 Å². The van der Waals surface area contributed by atoms with Crippen LogP contribution in [0.25, 0.3) is 22.8 Å². The molecule has 0 aliphatic heterocycles. The Hall–Kier alpha value is -2.73. The molecule has 0 saturated heterocycles. The summed E-state index contributed by atoms with van der Waals surface area (Å²) < 4.78 is 10.5. The summed E-state index contributed by atoms with van der Waals surface area (Å²) in [5.41, 5.74) is 7.98. The molecule has 0 bridgehead atoms. The van der Waals surface area contributed by atoms with E-state index in [0.29, 0.717) is 18.3 Å². The van der Waals surface area contributed by atoms with E-state index < -0.39 is 0 Å². The molecule has 0 atom stereocenters. The highest BCUT2D eigenvalue weighted by Crippen LogP contribution is 2.24. The average Bonchev–Trinajstić information content (AvgIpc) is 3.05. The topological polar surface area (TPSA) is 87.1 Å². The fourth-order valence-electron chi connectivity index (χ4n) is 1.94. The van der Waals surface area contributed by atoms with Crippen molar-refractivity contribution < 1.29 is 9.26 Å². The molecule has 0 unspecified atom stereocenters. The van der Waals surface area contributed by atoms with Gasteiger partial charge in [-0.1, -0.05) is 17.3 Å². The van der Waals surface area contributed by atoms with Gasteiger partial charge in [0, 0.05) is 23.9 Å². The van der Waals surface area contributed by atoms with Crippen LogP contribution in [0.1, 0.15) is 5.69 Å². The van der Waals surface area contributed by atoms with Crippen molar-refractivity contribution in [2.24, 2.45) is 5.73 Å². The van der Waals surface area contributed by atoms with Crippen LogP contribution in [-0.2, 0) is 6.54 Å². The van der Waals surface area contributed by atoms with Crippen LogP contribution < -0.4 is 10.5 Å². The van der Waals surface area contributed by atoms with Crippen molar-refractivity contribution in [2.75, 3.05) is 7.11 Å². The molecule has 0 amide bonds. The van der Waals surface area contributed by atoms with Gasteiger partial charge in [0.2, 0.25) is 5.82 Å². The van der Waals surface area contributed by atoms with Gasteiger partial charge in [0.15, 0.2) is 0 Å². The van der Waals surface area contributed by atoms with Crippen molar-refractivity contribution >= 4 is 0 Å². The molecule has 0 aliphatic carbocycles. The van der Waals surface area contributed by atoms with Crippen molar-refractivity contribution in [1.29, 1.82) is 0 Å². The van der Waals surface area contributed by atoms with E-state index in [4.69, 9.17) is 15.0 Å². The maximum Gasteiger partial charge on any atom is 0.258 e. The number of nitrogens with two attached hydrogens (primary N) is 1. The second kappa shape index (κ2) is 5.72. The second-order valence-corrected chi connectivity index (χ2v) is 4.40. The van der Waals surface area contributed by atoms with E-state index in [9.17, 15) is 0 Å². The predicted molar refractivity (Wildman–Crippen MR) is 77.4 cm³/mol. The van der Waals surface area contributed by atoms with Crippen LogP contribution in [0.5, 0.6) is 5.75 Å². The number of hydrogen-bond acceptors (Lipinski definition) is 6. The summed E-state index contributed by atoms with van der Waals surface area (Å²) in [6.07, 6.45) is 1.67. The van der Waals surface area contributed by atoms with Gasteiger partial charge in [0.25, 0.3) is 5.89 Å². The van der Waals surface area contributed by atoms with E-state index in [1.54, 1.807) is 13.3 Å². The molecule has 0 saturated carbocycles. The van der Waals surface area contributed by atoms with Gasteiger partial charge in [-0.2, -0.15) is 4.98 Å². The smallest absolute Gasteiger partial charge is 0.258 e. The number of methoxy groups -OCH3 is 1. The molecular formula is C15H14N4O2. The third-order valence-corrected chi connectivity index (χ3v) is 3.03. The molecule has 2 N–H and O–H groups in total. The van der Waals surface area contributed by atoms with Crippen molar-refractivity contribution in [2.45, 2.75) is 6.54 Å². The van der Waals surface area contributed by atoms with Gasteiger partial charge < -0.3 is 15.0 Å². The molecule has 2 heterocycles. The fourth-order valence-corrected chi connectivity index (χ4v) is 1.94. The van der Waals surface area contributed by atoms with Crippen LogP contribution in [0.4, 0.5) is 0 Å². The lowest BCUT2D eigenvalue weighted by atomic mass is 10.2. The van der Waals surface area contributed by atoms with Crippen molar-refractivity contribution in [3.8, 4) is 28.6 Å². The summed E-state index contributed by atoms with van der Waals surface area (Å²) in [7, 11) is 1.62. The Kier molecular flexibility index (Phi) is 3.61. The molecule has 0 aliphatic rings. The lowest BCUT2D eigenvalue weighted by molar-refractivity contribution is 0.414. The van der Waals surface area contributed by atoms with E-state index in [-0.39, 0.29) is 0 Å². The minimum absolute atomic E-state index is 0.366. The van der Waals surface area contributed by atoms with Gasteiger partial charge in [-0.15, -0.1) is 0 Å². The molecule has 6 heteroatoms. The summed E-state index contributed by atoms with van der Waals surface area (Å²) in [5.74, 6) is 1.69. The Morgan fingerprint density at radius 1 is 1.19 bits per heavy atom. The quantitative estimate of drug-likeness (QED) is 0.789. The van der Waals surface area contributed by atoms with Gasteiger partial charge >= 0.3 is 0 Å². The lowest BCUT2D eigenvalue weighted by Gasteiger charge is -2.00. The highest BCUT2D eigenvalue weighted by atomic mass is 16.5. The number of rotatable bonds is 4. The van der Waals surface area contributed by atoms with Crippen LogP contribution in [0.15, 0.2) is 47.1 Å². The summed E-state index contributed by atoms with van der Waals surface area (Å²) in [6.45, 7) is 0.366. The minimum atomic E-state index is 0.366. The third-order valence-electron chi connectivity index (χ3n) is 3.03. The lowest BCUT2D eigenvalue weighted by Crippen LogP contribution is -1.98. The first kappa shape index (κ1) is 13.3. The van der Waals surface area contributed by atoms with Crippen molar-refractivity contribution in [3.05, 3.63) is 48.3 Å². The van der Waals surface area contributed by atoms with Crippen LogP contribution in [0, 0.1) is 0 Å². The maximum absolute atomic E-state index is 5.58. The Labute approximate surface area is 121 Å². The molecular weight excluding hydrogens is 268 g/mol. The first-order chi connectivity index (χ1) is 10.3.